The van der Waals surface area contributed by atoms with E-state index in [1.807, 2.05) is 18.4 Å². The highest BCUT2D eigenvalue weighted by atomic mass is 16.4. The minimum Gasteiger partial charge on any atom is -0.481 e. The van der Waals surface area contributed by atoms with Gasteiger partial charge in [0.25, 0.3) is 0 Å². The molecule has 106 valence electrons. The number of carbonyl (C=O) groups excluding carboxylic acids is 1. The van der Waals surface area contributed by atoms with Crippen LogP contribution in [-0.2, 0) is 16.1 Å². The van der Waals surface area contributed by atoms with Crippen LogP contribution in [0.5, 0.6) is 0 Å². The molecule has 6 heteroatoms. The van der Waals surface area contributed by atoms with E-state index >= 15 is 0 Å². The molecule has 0 saturated carbocycles. The molecule has 0 bridgehead atoms. The van der Waals surface area contributed by atoms with Crippen LogP contribution >= 0.6 is 0 Å². The first kappa shape index (κ1) is 15.2. The van der Waals surface area contributed by atoms with Crippen LogP contribution in [-0.4, -0.2) is 33.1 Å². The van der Waals surface area contributed by atoms with Crippen LogP contribution in [0.25, 0.3) is 0 Å². The molecule has 1 rings (SSSR count). The normalized spacial score (nSPS) is 11.3. The third-order valence-corrected chi connectivity index (χ3v) is 3.59. The Labute approximate surface area is 112 Å². The smallest absolute Gasteiger partial charge is 0.311 e. The fourth-order valence-electron chi connectivity index (χ4n) is 1.88. The van der Waals surface area contributed by atoms with Crippen molar-refractivity contribution in [2.45, 2.75) is 39.7 Å². The summed E-state index contributed by atoms with van der Waals surface area (Å²) >= 11 is 0. The predicted octanol–water partition coefficient (Wildman–Crippen LogP) is 1.28. The third-order valence-electron chi connectivity index (χ3n) is 3.59. The van der Waals surface area contributed by atoms with Gasteiger partial charge in [0.05, 0.1) is 11.7 Å². The fraction of sp³-hybridized carbons (Fsp3) is 0.615. The highest BCUT2D eigenvalue weighted by molar-refractivity contribution is 5.79. The summed E-state index contributed by atoms with van der Waals surface area (Å²) in [6, 6.07) is 0. The summed E-state index contributed by atoms with van der Waals surface area (Å²) in [6.45, 7) is 4.38. The highest BCUT2D eigenvalue weighted by Crippen LogP contribution is 2.25. The van der Waals surface area contributed by atoms with Crippen LogP contribution < -0.4 is 5.32 Å². The third kappa shape index (κ3) is 4.08. The summed E-state index contributed by atoms with van der Waals surface area (Å²) < 4.78 is 1.81. The molecular formula is C13H21N3O3. The van der Waals surface area contributed by atoms with Gasteiger partial charge in [-0.2, -0.15) is 0 Å². The van der Waals surface area contributed by atoms with Crippen molar-refractivity contribution in [3.63, 3.8) is 0 Å². The molecule has 0 radical (unpaired) electrons. The Hall–Kier alpha value is -1.85. The lowest BCUT2D eigenvalue weighted by Gasteiger charge is -2.26. The maximum atomic E-state index is 11.7. The molecule has 0 saturated heterocycles. The summed E-state index contributed by atoms with van der Waals surface area (Å²) in [6.07, 6.45) is 6.40. The second-order valence-electron chi connectivity index (χ2n) is 4.62. The topological polar surface area (TPSA) is 84.2 Å². The van der Waals surface area contributed by atoms with Crippen molar-refractivity contribution in [3.8, 4) is 0 Å². The molecule has 0 spiro atoms. The number of aliphatic carboxylic acids is 1. The Bertz CT molecular complexity index is 411. The number of carboxylic acid groups (broad SMARTS) is 1. The number of carboxylic acids is 1. The molecule has 0 unspecified atom stereocenters. The van der Waals surface area contributed by atoms with E-state index in [9.17, 15) is 14.7 Å². The first-order chi connectivity index (χ1) is 9.04. The maximum Gasteiger partial charge on any atom is 0.311 e. The van der Waals surface area contributed by atoms with Gasteiger partial charge in [0.15, 0.2) is 0 Å². The minimum absolute atomic E-state index is 0.138. The molecule has 0 aliphatic carbocycles. The lowest BCUT2D eigenvalue weighted by Crippen LogP contribution is -2.42. The SMILES string of the molecule is CCC(CC)(CNC(=O)CCn1ccnc1)C(=O)O. The standard InChI is InChI=1S/C13H21N3O3/c1-3-13(4-2,12(18)19)9-15-11(17)5-7-16-8-6-14-10-16/h6,8,10H,3-5,7,9H2,1-2H3,(H,15,17)(H,18,19). The average molecular weight is 267 g/mol. The summed E-state index contributed by atoms with van der Waals surface area (Å²) in [5, 5.41) is 12.0. The van der Waals surface area contributed by atoms with Gasteiger partial charge in [0, 0.05) is 31.9 Å². The van der Waals surface area contributed by atoms with Crippen molar-refractivity contribution in [1.29, 1.82) is 0 Å². The molecule has 1 aromatic rings. The van der Waals surface area contributed by atoms with Crippen LogP contribution in [0.1, 0.15) is 33.1 Å². The number of hydrogen-bond donors (Lipinski definition) is 2. The number of rotatable bonds is 8. The van der Waals surface area contributed by atoms with Gasteiger partial charge in [0.2, 0.25) is 5.91 Å². The van der Waals surface area contributed by atoms with E-state index in [2.05, 4.69) is 10.3 Å². The van der Waals surface area contributed by atoms with Crippen LogP contribution in [0.2, 0.25) is 0 Å². The van der Waals surface area contributed by atoms with Gasteiger partial charge in [0.1, 0.15) is 0 Å². The second kappa shape index (κ2) is 6.92. The van der Waals surface area contributed by atoms with Gasteiger partial charge in [-0.3, -0.25) is 9.59 Å². The number of aryl methyl sites for hydroxylation is 1. The molecule has 19 heavy (non-hydrogen) atoms. The van der Waals surface area contributed by atoms with Crippen molar-refractivity contribution < 1.29 is 14.7 Å². The van der Waals surface area contributed by atoms with Crippen LogP contribution in [0.3, 0.4) is 0 Å². The Morgan fingerprint density at radius 1 is 1.37 bits per heavy atom. The Morgan fingerprint density at radius 3 is 2.53 bits per heavy atom. The van der Waals surface area contributed by atoms with Crippen molar-refractivity contribution >= 4 is 11.9 Å². The van der Waals surface area contributed by atoms with Gasteiger partial charge in [-0.1, -0.05) is 13.8 Å². The number of hydrogen-bond acceptors (Lipinski definition) is 3. The van der Waals surface area contributed by atoms with Crippen LogP contribution in [0, 0.1) is 5.41 Å². The van der Waals surface area contributed by atoms with Crippen LogP contribution in [0.15, 0.2) is 18.7 Å². The zero-order valence-electron chi connectivity index (χ0n) is 11.4. The zero-order chi connectivity index (χ0) is 14.3. The number of nitrogens with zero attached hydrogens (tertiary/aromatic N) is 2. The van der Waals surface area contributed by atoms with Gasteiger partial charge >= 0.3 is 5.97 Å². The molecule has 2 N–H and O–H groups in total. The number of amides is 1. The zero-order valence-corrected chi connectivity index (χ0v) is 11.4. The molecule has 0 fully saturated rings. The molecular weight excluding hydrogens is 246 g/mol. The molecule has 0 aliphatic heterocycles. The quantitative estimate of drug-likeness (QED) is 0.743. The fourth-order valence-corrected chi connectivity index (χ4v) is 1.88. The van der Waals surface area contributed by atoms with Gasteiger partial charge in [-0.25, -0.2) is 4.98 Å². The van der Waals surface area contributed by atoms with E-state index in [0.29, 0.717) is 25.8 Å². The molecule has 0 aliphatic rings. The van der Waals surface area contributed by atoms with Crippen molar-refractivity contribution in [3.05, 3.63) is 18.7 Å². The van der Waals surface area contributed by atoms with E-state index in [1.54, 1.807) is 18.7 Å². The first-order valence-corrected chi connectivity index (χ1v) is 6.50. The monoisotopic (exact) mass is 267 g/mol. The number of imidazole rings is 1. The molecule has 1 aromatic heterocycles. The summed E-state index contributed by atoms with van der Waals surface area (Å²) in [5.74, 6) is -0.992. The predicted molar refractivity (Wildman–Crippen MR) is 70.5 cm³/mol. The van der Waals surface area contributed by atoms with Crippen molar-refractivity contribution in [1.82, 2.24) is 14.9 Å². The van der Waals surface area contributed by atoms with Crippen molar-refractivity contribution in [2.75, 3.05) is 6.54 Å². The minimum atomic E-state index is -0.856. The summed E-state index contributed by atoms with van der Waals surface area (Å²) in [4.78, 5) is 26.9. The van der Waals surface area contributed by atoms with Crippen LogP contribution in [0.4, 0.5) is 0 Å². The van der Waals surface area contributed by atoms with E-state index in [1.165, 1.54) is 0 Å². The van der Waals surface area contributed by atoms with E-state index < -0.39 is 11.4 Å². The summed E-state index contributed by atoms with van der Waals surface area (Å²) in [5.41, 5.74) is -0.856. The maximum absolute atomic E-state index is 11.7. The van der Waals surface area contributed by atoms with E-state index in [-0.39, 0.29) is 12.5 Å². The second-order valence-corrected chi connectivity index (χ2v) is 4.62. The number of nitrogens with one attached hydrogen (secondary N) is 1. The molecule has 6 nitrogen and oxygen atoms in total. The Kier molecular flexibility index (Phi) is 5.54. The number of aromatic nitrogens is 2. The van der Waals surface area contributed by atoms with Gasteiger partial charge < -0.3 is 15.0 Å². The summed E-state index contributed by atoms with van der Waals surface area (Å²) in [7, 11) is 0. The lowest BCUT2D eigenvalue weighted by molar-refractivity contribution is -0.149. The van der Waals surface area contributed by atoms with Crippen molar-refractivity contribution in [2.24, 2.45) is 5.41 Å². The molecule has 1 heterocycles. The largest absolute Gasteiger partial charge is 0.481 e. The lowest BCUT2D eigenvalue weighted by atomic mass is 9.82. The van der Waals surface area contributed by atoms with Gasteiger partial charge in [-0.05, 0) is 12.8 Å². The molecule has 1 amide bonds. The Morgan fingerprint density at radius 2 is 2.05 bits per heavy atom. The molecule has 0 aromatic carbocycles. The van der Waals surface area contributed by atoms with E-state index in [0.717, 1.165) is 0 Å². The average Bonchev–Trinajstić information content (AvgIpc) is 2.91. The first-order valence-electron chi connectivity index (χ1n) is 6.50. The highest BCUT2D eigenvalue weighted by Gasteiger charge is 2.34. The van der Waals surface area contributed by atoms with Gasteiger partial charge in [-0.15, -0.1) is 0 Å². The Balaban J connectivity index is 2.42. The number of carbonyl (C=O) groups is 2. The molecule has 0 atom stereocenters. The van der Waals surface area contributed by atoms with E-state index in [4.69, 9.17) is 0 Å².